The van der Waals surface area contributed by atoms with Crippen LogP contribution in [-0.2, 0) is 6.54 Å². The Bertz CT molecular complexity index is 878. The summed E-state index contributed by atoms with van der Waals surface area (Å²) in [6.45, 7) is 2.78. The molecule has 0 aliphatic heterocycles. The van der Waals surface area contributed by atoms with Gasteiger partial charge in [0.25, 0.3) is 5.91 Å². The van der Waals surface area contributed by atoms with E-state index in [0.29, 0.717) is 18.7 Å². The second-order valence-electron chi connectivity index (χ2n) is 5.32. The molecule has 0 fully saturated rings. The van der Waals surface area contributed by atoms with E-state index in [1.54, 1.807) is 28.6 Å². The Kier molecular flexibility index (Phi) is 4.76. The first kappa shape index (κ1) is 16.4. The van der Waals surface area contributed by atoms with Gasteiger partial charge in [0.1, 0.15) is 0 Å². The monoisotopic (exact) mass is 344 g/mol. The van der Waals surface area contributed by atoms with Crippen LogP contribution in [0.1, 0.15) is 22.8 Å². The summed E-state index contributed by atoms with van der Waals surface area (Å²) in [6.07, 6.45) is 0. The Hall–Kier alpha value is -2.47. The topological polar surface area (TPSA) is 42.4 Å². The van der Waals surface area contributed by atoms with Crippen molar-refractivity contribution in [1.29, 1.82) is 0 Å². The number of benzene rings is 2. The minimum Gasteiger partial charge on any atom is -0.494 e. The number of thiazole rings is 1. The van der Waals surface area contributed by atoms with E-state index in [1.165, 1.54) is 24.5 Å². The summed E-state index contributed by atoms with van der Waals surface area (Å²) < 4.78 is 19.7. The number of nitrogens with zero attached hydrogens (tertiary/aromatic N) is 2. The van der Waals surface area contributed by atoms with E-state index in [1.807, 2.05) is 19.1 Å². The van der Waals surface area contributed by atoms with E-state index in [0.717, 1.165) is 15.8 Å². The third-order valence-corrected chi connectivity index (χ3v) is 4.63. The van der Waals surface area contributed by atoms with Crippen LogP contribution in [0, 0.1) is 5.82 Å². The first-order chi connectivity index (χ1) is 11.6. The van der Waals surface area contributed by atoms with Crippen LogP contribution in [-0.4, -0.2) is 29.4 Å². The quantitative estimate of drug-likeness (QED) is 0.700. The fourth-order valence-electron chi connectivity index (χ4n) is 2.53. The van der Waals surface area contributed by atoms with E-state index < -0.39 is 5.82 Å². The summed E-state index contributed by atoms with van der Waals surface area (Å²) in [5.41, 5.74) is 3.98. The molecule has 0 aliphatic carbocycles. The lowest BCUT2D eigenvalue weighted by molar-refractivity contribution is 0.0752. The number of fused-ring (bicyclic) bond motifs is 1. The fraction of sp³-hybridized carbons (Fsp3) is 0.222. The average molecular weight is 344 g/mol. The van der Waals surface area contributed by atoms with E-state index in [9.17, 15) is 9.18 Å². The molecule has 0 radical (unpaired) electrons. The lowest BCUT2D eigenvalue weighted by atomic mass is 10.1. The number of hydrogen-bond acceptors (Lipinski definition) is 4. The zero-order valence-corrected chi connectivity index (χ0v) is 14.3. The average Bonchev–Trinajstić information content (AvgIpc) is 3.07. The number of carbonyl (C=O) groups is 1. The molecule has 4 nitrogen and oxygen atoms in total. The maximum Gasteiger partial charge on any atom is 0.254 e. The number of ether oxygens (including phenoxy) is 1. The van der Waals surface area contributed by atoms with Gasteiger partial charge in [-0.2, -0.15) is 0 Å². The van der Waals surface area contributed by atoms with Gasteiger partial charge in [-0.25, -0.2) is 9.37 Å². The van der Waals surface area contributed by atoms with E-state index in [-0.39, 0.29) is 11.7 Å². The SMILES string of the molecule is CCN(Cc1ccc(OC)c(F)c1)C(=O)c1ccc2ncsc2c1. The molecule has 1 aromatic heterocycles. The Morgan fingerprint density at radius 2 is 2.12 bits per heavy atom. The van der Waals surface area contributed by atoms with Crippen LogP contribution in [0.4, 0.5) is 4.39 Å². The standard InChI is InChI=1S/C18H17FN2O2S/c1-3-21(10-12-4-7-16(23-2)14(19)8-12)18(22)13-5-6-15-17(9-13)24-11-20-15/h4-9,11H,3,10H2,1-2H3. The lowest BCUT2D eigenvalue weighted by Crippen LogP contribution is -2.30. The van der Waals surface area contributed by atoms with Crippen molar-refractivity contribution in [2.45, 2.75) is 13.5 Å². The van der Waals surface area contributed by atoms with Gasteiger partial charge in [0.2, 0.25) is 0 Å². The maximum absolute atomic E-state index is 13.8. The third-order valence-electron chi connectivity index (χ3n) is 3.84. The van der Waals surface area contributed by atoms with Crippen LogP contribution in [0.15, 0.2) is 41.9 Å². The minimum atomic E-state index is -0.426. The van der Waals surface area contributed by atoms with Crippen molar-refractivity contribution in [2.24, 2.45) is 0 Å². The molecule has 0 bridgehead atoms. The van der Waals surface area contributed by atoms with Crippen LogP contribution in [0.5, 0.6) is 5.75 Å². The molecule has 6 heteroatoms. The summed E-state index contributed by atoms with van der Waals surface area (Å²) in [5, 5.41) is 0. The van der Waals surface area contributed by atoms with E-state index in [2.05, 4.69) is 4.98 Å². The second-order valence-corrected chi connectivity index (χ2v) is 6.21. The van der Waals surface area contributed by atoms with Crippen LogP contribution < -0.4 is 4.74 Å². The number of carbonyl (C=O) groups excluding carboxylic acids is 1. The smallest absolute Gasteiger partial charge is 0.254 e. The number of aromatic nitrogens is 1. The summed E-state index contributed by atoms with van der Waals surface area (Å²) in [5.74, 6) is -0.308. The molecular weight excluding hydrogens is 327 g/mol. The highest BCUT2D eigenvalue weighted by Gasteiger charge is 2.16. The first-order valence-corrected chi connectivity index (χ1v) is 8.45. The normalized spacial score (nSPS) is 10.8. The van der Waals surface area contributed by atoms with Crippen molar-refractivity contribution in [2.75, 3.05) is 13.7 Å². The molecule has 3 rings (SSSR count). The van der Waals surface area contributed by atoms with Gasteiger partial charge in [0.15, 0.2) is 11.6 Å². The molecule has 0 N–H and O–H groups in total. The van der Waals surface area contributed by atoms with Gasteiger partial charge >= 0.3 is 0 Å². The predicted octanol–water partition coefficient (Wildman–Crippen LogP) is 4.11. The highest BCUT2D eigenvalue weighted by Crippen LogP contribution is 2.22. The van der Waals surface area contributed by atoms with Gasteiger partial charge < -0.3 is 9.64 Å². The molecule has 1 heterocycles. The van der Waals surface area contributed by atoms with Crippen molar-refractivity contribution in [3.05, 3.63) is 58.9 Å². The van der Waals surface area contributed by atoms with Crippen molar-refractivity contribution in [3.63, 3.8) is 0 Å². The number of hydrogen-bond donors (Lipinski definition) is 0. The molecule has 2 aromatic carbocycles. The molecule has 0 saturated carbocycles. The van der Waals surface area contributed by atoms with Crippen LogP contribution >= 0.6 is 11.3 Å². The zero-order valence-electron chi connectivity index (χ0n) is 13.5. The molecule has 0 saturated heterocycles. The number of rotatable bonds is 5. The molecule has 124 valence electrons. The Balaban J connectivity index is 1.82. The van der Waals surface area contributed by atoms with Crippen LogP contribution in [0.25, 0.3) is 10.2 Å². The van der Waals surface area contributed by atoms with Gasteiger partial charge in [-0.1, -0.05) is 6.07 Å². The Morgan fingerprint density at radius 1 is 1.29 bits per heavy atom. The number of halogens is 1. The lowest BCUT2D eigenvalue weighted by Gasteiger charge is -2.21. The summed E-state index contributed by atoms with van der Waals surface area (Å²) in [4.78, 5) is 18.6. The largest absolute Gasteiger partial charge is 0.494 e. The van der Waals surface area contributed by atoms with Gasteiger partial charge in [-0.05, 0) is 42.8 Å². The fourth-order valence-corrected chi connectivity index (χ4v) is 3.24. The highest BCUT2D eigenvalue weighted by atomic mass is 32.1. The molecule has 0 spiro atoms. The predicted molar refractivity (Wildman–Crippen MR) is 93.0 cm³/mol. The molecule has 3 aromatic rings. The number of amides is 1. The summed E-state index contributed by atoms with van der Waals surface area (Å²) in [6, 6.07) is 10.2. The van der Waals surface area contributed by atoms with Crippen LogP contribution in [0.3, 0.4) is 0 Å². The van der Waals surface area contributed by atoms with E-state index >= 15 is 0 Å². The number of methoxy groups -OCH3 is 1. The Morgan fingerprint density at radius 3 is 2.83 bits per heavy atom. The van der Waals surface area contributed by atoms with Crippen molar-refractivity contribution in [1.82, 2.24) is 9.88 Å². The second kappa shape index (κ2) is 6.97. The molecule has 1 amide bonds. The van der Waals surface area contributed by atoms with Crippen molar-refractivity contribution >= 4 is 27.5 Å². The van der Waals surface area contributed by atoms with Gasteiger partial charge in [-0.15, -0.1) is 11.3 Å². The van der Waals surface area contributed by atoms with Crippen molar-refractivity contribution < 1.29 is 13.9 Å². The first-order valence-electron chi connectivity index (χ1n) is 7.57. The van der Waals surface area contributed by atoms with Crippen molar-refractivity contribution in [3.8, 4) is 5.75 Å². The molecule has 0 aliphatic rings. The van der Waals surface area contributed by atoms with Crippen LogP contribution in [0.2, 0.25) is 0 Å². The maximum atomic E-state index is 13.8. The summed E-state index contributed by atoms with van der Waals surface area (Å²) in [7, 11) is 1.43. The minimum absolute atomic E-state index is 0.0796. The van der Waals surface area contributed by atoms with Gasteiger partial charge in [0, 0.05) is 18.7 Å². The Labute approximate surface area is 143 Å². The summed E-state index contributed by atoms with van der Waals surface area (Å²) >= 11 is 1.50. The third kappa shape index (κ3) is 3.23. The molecule has 24 heavy (non-hydrogen) atoms. The van der Waals surface area contributed by atoms with Gasteiger partial charge in [-0.3, -0.25) is 4.79 Å². The molecule has 0 unspecified atom stereocenters. The van der Waals surface area contributed by atoms with Gasteiger partial charge in [0.05, 0.1) is 22.8 Å². The molecule has 0 atom stereocenters. The zero-order chi connectivity index (χ0) is 17.1. The molecular formula is C18H17FN2O2S. The van der Waals surface area contributed by atoms with E-state index in [4.69, 9.17) is 4.74 Å². The highest BCUT2D eigenvalue weighted by molar-refractivity contribution is 7.16.